The largest absolute Gasteiger partial charge is 0.388 e. The number of aromatic nitrogens is 3. The van der Waals surface area contributed by atoms with Crippen LogP contribution in [0.25, 0.3) is 11.3 Å². The number of pyridine rings is 1. The molecule has 2 aromatic heterocycles. The topological polar surface area (TPSA) is 50.9 Å². The van der Waals surface area contributed by atoms with Crippen molar-refractivity contribution in [2.75, 3.05) is 0 Å². The molecule has 0 unspecified atom stereocenters. The monoisotopic (exact) mass is 303 g/mol. The third-order valence-electron chi connectivity index (χ3n) is 5.34. The van der Waals surface area contributed by atoms with Gasteiger partial charge in [-0.2, -0.15) is 0 Å². The van der Waals surface area contributed by atoms with E-state index in [2.05, 4.69) is 38.8 Å². The predicted molar refractivity (Wildman–Crippen MR) is 86.8 cm³/mol. The van der Waals surface area contributed by atoms with E-state index < -0.39 is 6.10 Å². The van der Waals surface area contributed by atoms with Gasteiger partial charge in [0.2, 0.25) is 0 Å². The van der Waals surface area contributed by atoms with Crippen molar-refractivity contribution < 1.29 is 5.11 Å². The van der Waals surface area contributed by atoms with E-state index in [1.165, 1.54) is 16.7 Å². The second-order valence-electron chi connectivity index (χ2n) is 6.44. The van der Waals surface area contributed by atoms with Crippen molar-refractivity contribution in [1.82, 2.24) is 14.5 Å². The molecule has 3 aromatic rings. The molecule has 1 aliphatic carbocycles. The number of fused-ring (bicyclic) bond motifs is 4. The number of aryl methyl sites for hydroxylation is 1. The van der Waals surface area contributed by atoms with Gasteiger partial charge in [-0.25, -0.2) is 4.98 Å². The van der Waals surface area contributed by atoms with E-state index in [0.29, 0.717) is 0 Å². The van der Waals surface area contributed by atoms with Crippen LogP contribution in [0, 0.1) is 5.92 Å². The lowest BCUT2D eigenvalue weighted by atomic mass is 9.76. The van der Waals surface area contributed by atoms with Crippen LogP contribution in [-0.2, 0) is 6.42 Å². The molecule has 23 heavy (non-hydrogen) atoms. The first-order valence-corrected chi connectivity index (χ1v) is 8.06. The molecule has 3 heterocycles. The second kappa shape index (κ2) is 4.77. The number of hydrogen-bond donors (Lipinski definition) is 1. The normalized spacial score (nSPS) is 24.8. The lowest BCUT2D eigenvalue weighted by Gasteiger charge is -2.35. The summed E-state index contributed by atoms with van der Waals surface area (Å²) in [5.41, 5.74) is 5.88. The number of nitrogens with zero attached hydrogens (tertiary/aromatic N) is 3. The average molecular weight is 303 g/mol. The van der Waals surface area contributed by atoms with E-state index in [1.54, 1.807) is 0 Å². The number of aliphatic hydroxyl groups is 1. The summed E-state index contributed by atoms with van der Waals surface area (Å²) in [5.74, 6) is 0.142. The lowest BCUT2D eigenvalue weighted by molar-refractivity contribution is 0.0717. The van der Waals surface area contributed by atoms with Gasteiger partial charge in [0.25, 0.3) is 0 Å². The molecule has 0 bridgehead atoms. The van der Waals surface area contributed by atoms with Gasteiger partial charge in [-0.15, -0.1) is 0 Å². The minimum Gasteiger partial charge on any atom is -0.388 e. The Balaban J connectivity index is 1.64. The molecule has 1 aliphatic heterocycles. The van der Waals surface area contributed by atoms with Crippen molar-refractivity contribution in [1.29, 1.82) is 0 Å². The van der Waals surface area contributed by atoms with Crippen molar-refractivity contribution >= 4 is 0 Å². The van der Waals surface area contributed by atoms with Crippen molar-refractivity contribution in [2.45, 2.75) is 25.0 Å². The summed E-state index contributed by atoms with van der Waals surface area (Å²) < 4.78 is 2.22. The molecule has 2 aliphatic rings. The Kier molecular flexibility index (Phi) is 2.70. The Labute approximate surface area is 134 Å². The van der Waals surface area contributed by atoms with Gasteiger partial charge in [-0.3, -0.25) is 4.98 Å². The van der Waals surface area contributed by atoms with Crippen LogP contribution in [0.2, 0.25) is 0 Å². The lowest BCUT2D eigenvalue weighted by Crippen LogP contribution is -2.28. The van der Waals surface area contributed by atoms with Crippen LogP contribution in [-0.4, -0.2) is 19.6 Å². The molecular weight excluding hydrogens is 286 g/mol. The van der Waals surface area contributed by atoms with Crippen molar-refractivity contribution in [3.05, 3.63) is 71.9 Å². The summed E-state index contributed by atoms with van der Waals surface area (Å²) in [6.45, 7) is 0. The van der Waals surface area contributed by atoms with Gasteiger partial charge >= 0.3 is 0 Å². The Bertz CT molecular complexity index is 886. The van der Waals surface area contributed by atoms with Gasteiger partial charge in [0, 0.05) is 29.4 Å². The summed E-state index contributed by atoms with van der Waals surface area (Å²) in [7, 11) is 0. The Hall–Kier alpha value is -2.46. The number of rotatable bonds is 1. The highest BCUT2D eigenvalue weighted by Gasteiger charge is 2.40. The standard InChI is InChI=1S/C19H17N3O/c23-19-15(6-5-12-7-8-20-9-16(12)19)18-14-4-2-1-3-13(14)17-10-21-11-22(17)18/h1-4,7-11,15,18-19,23H,5-6H2/t15-,18+,19-/m0/s1. The first-order valence-electron chi connectivity index (χ1n) is 8.06. The molecule has 1 N–H and O–H groups in total. The summed E-state index contributed by atoms with van der Waals surface area (Å²) in [6.07, 6.45) is 8.91. The smallest absolute Gasteiger partial charge is 0.0956 e. The van der Waals surface area contributed by atoms with E-state index in [9.17, 15) is 5.11 Å². The van der Waals surface area contributed by atoms with Crippen molar-refractivity contribution in [2.24, 2.45) is 5.92 Å². The quantitative estimate of drug-likeness (QED) is 0.751. The number of aliphatic hydroxyl groups excluding tert-OH is 1. The Morgan fingerprint density at radius 1 is 1.04 bits per heavy atom. The van der Waals surface area contributed by atoms with Crippen LogP contribution >= 0.6 is 0 Å². The average Bonchev–Trinajstić information content (AvgIpc) is 3.17. The maximum absolute atomic E-state index is 11.0. The van der Waals surface area contributed by atoms with E-state index in [4.69, 9.17) is 0 Å². The molecule has 1 aromatic carbocycles. The highest BCUT2D eigenvalue weighted by molar-refractivity contribution is 5.69. The zero-order valence-corrected chi connectivity index (χ0v) is 12.6. The van der Waals surface area contributed by atoms with Gasteiger partial charge in [-0.05, 0) is 30.0 Å². The Morgan fingerprint density at radius 2 is 1.96 bits per heavy atom. The highest BCUT2D eigenvalue weighted by Crippen LogP contribution is 2.49. The molecule has 114 valence electrons. The molecule has 3 atom stereocenters. The molecule has 5 rings (SSSR count). The SMILES string of the molecule is O[C@@H]1c2cnccc2CC[C@H]1[C@H]1c2ccccc2-c2cncn21. The fourth-order valence-electron chi connectivity index (χ4n) is 4.28. The van der Waals surface area contributed by atoms with Gasteiger partial charge in [0.1, 0.15) is 0 Å². The summed E-state index contributed by atoms with van der Waals surface area (Å²) >= 11 is 0. The van der Waals surface area contributed by atoms with Gasteiger partial charge in [-0.1, -0.05) is 24.3 Å². The number of hydrogen-bond acceptors (Lipinski definition) is 3. The zero-order valence-electron chi connectivity index (χ0n) is 12.6. The maximum atomic E-state index is 11.0. The highest BCUT2D eigenvalue weighted by atomic mass is 16.3. The van der Waals surface area contributed by atoms with Crippen LogP contribution < -0.4 is 0 Å². The first-order chi connectivity index (χ1) is 11.3. The molecule has 0 radical (unpaired) electrons. The molecule has 4 nitrogen and oxygen atoms in total. The molecule has 0 saturated carbocycles. The van der Waals surface area contributed by atoms with Crippen LogP contribution in [0.15, 0.2) is 55.2 Å². The van der Waals surface area contributed by atoms with Gasteiger partial charge in [0.05, 0.1) is 30.4 Å². The van der Waals surface area contributed by atoms with Gasteiger partial charge in [0.15, 0.2) is 0 Å². The van der Waals surface area contributed by atoms with Crippen LogP contribution in [0.4, 0.5) is 0 Å². The minimum absolute atomic E-state index is 0.142. The molecule has 4 heteroatoms. The molecule has 0 amide bonds. The second-order valence-corrected chi connectivity index (χ2v) is 6.44. The van der Waals surface area contributed by atoms with E-state index in [1.807, 2.05) is 31.0 Å². The van der Waals surface area contributed by atoms with Crippen molar-refractivity contribution in [3.8, 4) is 11.3 Å². The third kappa shape index (κ3) is 1.75. The van der Waals surface area contributed by atoms with Crippen LogP contribution in [0.5, 0.6) is 0 Å². The number of benzene rings is 1. The van der Waals surface area contributed by atoms with Crippen LogP contribution in [0.1, 0.15) is 35.3 Å². The molecule has 0 fully saturated rings. The van der Waals surface area contributed by atoms with Crippen molar-refractivity contribution in [3.63, 3.8) is 0 Å². The molecule has 0 saturated heterocycles. The zero-order chi connectivity index (χ0) is 15.4. The van der Waals surface area contributed by atoms with E-state index in [-0.39, 0.29) is 12.0 Å². The van der Waals surface area contributed by atoms with E-state index >= 15 is 0 Å². The summed E-state index contributed by atoms with van der Waals surface area (Å²) in [5, 5.41) is 11.0. The molecular formula is C19H17N3O. The Morgan fingerprint density at radius 3 is 2.91 bits per heavy atom. The number of imidazole rings is 1. The predicted octanol–water partition coefficient (Wildman–Crippen LogP) is 3.14. The third-order valence-corrected chi connectivity index (χ3v) is 5.34. The first kappa shape index (κ1) is 13.0. The maximum Gasteiger partial charge on any atom is 0.0956 e. The summed E-state index contributed by atoms with van der Waals surface area (Å²) in [6, 6.07) is 10.6. The fourth-order valence-corrected chi connectivity index (χ4v) is 4.28. The fraction of sp³-hybridized carbons (Fsp3) is 0.263. The summed E-state index contributed by atoms with van der Waals surface area (Å²) in [4.78, 5) is 8.54. The minimum atomic E-state index is -0.487. The van der Waals surface area contributed by atoms with E-state index in [0.717, 1.165) is 24.1 Å². The van der Waals surface area contributed by atoms with Gasteiger partial charge < -0.3 is 9.67 Å². The van der Waals surface area contributed by atoms with Crippen LogP contribution in [0.3, 0.4) is 0 Å². The molecule has 0 spiro atoms.